The van der Waals surface area contributed by atoms with Gasteiger partial charge in [0, 0.05) is 29.2 Å². The fourth-order valence-electron chi connectivity index (χ4n) is 2.03. The van der Waals surface area contributed by atoms with E-state index in [0.717, 1.165) is 21.6 Å². The molecule has 1 unspecified atom stereocenters. The van der Waals surface area contributed by atoms with Gasteiger partial charge in [0.15, 0.2) is 5.12 Å². The van der Waals surface area contributed by atoms with Crippen molar-refractivity contribution in [2.24, 2.45) is 5.92 Å². The molecule has 0 radical (unpaired) electrons. The summed E-state index contributed by atoms with van der Waals surface area (Å²) in [5.41, 5.74) is 0.985. The first-order valence-electron chi connectivity index (χ1n) is 5.76. The summed E-state index contributed by atoms with van der Waals surface area (Å²) in [6.07, 6.45) is 0.547. The zero-order chi connectivity index (χ0) is 13.1. The van der Waals surface area contributed by atoms with Crippen LogP contribution in [0.4, 0.5) is 5.69 Å². The number of para-hydroxylation sites is 1. The third-order valence-electron chi connectivity index (χ3n) is 2.87. The average Bonchev–Trinajstić information content (AvgIpc) is 2.69. The molecule has 1 aromatic carbocycles. The SMILES string of the molecule is CC(=O)SCC1CC(=O)N(c2ccccc2I)C1. The molecule has 0 aromatic heterocycles. The van der Waals surface area contributed by atoms with Gasteiger partial charge in [-0.2, -0.15) is 0 Å². The zero-order valence-electron chi connectivity index (χ0n) is 10.1. The summed E-state index contributed by atoms with van der Waals surface area (Å²) in [6.45, 7) is 2.29. The first kappa shape index (κ1) is 13.9. The van der Waals surface area contributed by atoms with Gasteiger partial charge < -0.3 is 4.90 Å². The molecule has 1 atom stereocenters. The number of amides is 1. The average molecular weight is 375 g/mol. The van der Waals surface area contributed by atoms with E-state index >= 15 is 0 Å². The van der Waals surface area contributed by atoms with Gasteiger partial charge in [-0.1, -0.05) is 23.9 Å². The number of rotatable bonds is 3. The lowest BCUT2D eigenvalue weighted by atomic mass is 10.1. The van der Waals surface area contributed by atoms with E-state index in [1.165, 1.54) is 11.8 Å². The van der Waals surface area contributed by atoms with Gasteiger partial charge >= 0.3 is 0 Å². The Labute approximate surface area is 124 Å². The quantitative estimate of drug-likeness (QED) is 0.763. The molecule has 96 valence electrons. The van der Waals surface area contributed by atoms with Crippen molar-refractivity contribution in [3.05, 3.63) is 27.8 Å². The fraction of sp³-hybridized carbons (Fsp3) is 0.385. The van der Waals surface area contributed by atoms with Crippen LogP contribution < -0.4 is 4.90 Å². The molecule has 0 spiro atoms. The van der Waals surface area contributed by atoms with Crippen molar-refractivity contribution in [2.45, 2.75) is 13.3 Å². The third kappa shape index (κ3) is 3.26. The Morgan fingerprint density at radius 2 is 2.22 bits per heavy atom. The van der Waals surface area contributed by atoms with Gasteiger partial charge in [-0.25, -0.2) is 0 Å². The second-order valence-electron chi connectivity index (χ2n) is 4.33. The largest absolute Gasteiger partial charge is 0.311 e. The molecule has 0 N–H and O–H groups in total. The molecule has 1 aliphatic rings. The summed E-state index contributed by atoms with van der Waals surface area (Å²) in [4.78, 5) is 24.8. The van der Waals surface area contributed by atoms with Crippen LogP contribution in [0.5, 0.6) is 0 Å². The van der Waals surface area contributed by atoms with E-state index in [1.807, 2.05) is 29.2 Å². The van der Waals surface area contributed by atoms with Crippen LogP contribution in [-0.4, -0.2) is 23.3 Å². The molecule has 1 heterocycles. The first-order valence-corrected chi connectivity index (χ1v) is 7.82. The van der Waals surface area contributed by atoms with Gasteiger partial charge in [0.05, 0.1) is 5.69 Å². The molecule has 5 heteroatoms. The van der Waals surface area contributed by atoms with Gasteiger partial charge in [0.2, 0.25) is 5.91 Å². The van der Waals surface area contributed by atoms with E-state index < -0.39 is 0 Å². The predicted octanol–water partition coefficient (Wildman–Crippen LogP) is 2.92. The number of hydrogen-bond acceptors (Lipinski definition) is 3. The Morgan fingerprint density at radius 1 is 1.50 bits per heavy atom. The Morgan fingerprint density at radius 3 is 2.89 bits per heavy atom. The van der Waals surface area contributed by atoms with Gasteiger partial charge in [0.25, 0.3) is 0 Å². The van der Waals surface area contributed by atoms with Crippen molar-refractivity contribution in [1.29, 1.82) is 0 Å². The maximum absolute atomic E-state index is 12.0. The number of carbonyl (C=O) groups excluding carboxylic acids is 2. The second-order valence-corrected chi connectivity index (χ2v) is 6.69. The second kappa shape index (κ2) is 6.06. The molecule has 18 heavy (non-hydrogen) atoms. The number of hydrogen-bond donors (Lipinski definition) is 0. The maximum Gasteiger partial charge on any atom is 0.227 e. The Hall–Kier alpha value is -0.560. The Bertz CT molecular complexity index is 478. The minimum absolute atomic E-state index is 0.121. The molecule has 3 nitrogen and oxygen atoms in total. The van der Waals surface area contributed by atoms with Crippen LogP contribution in [-0.2, 0) is 9.59 Å². The standard InChI is InChI=1S/C13H14INO2S/c1-9(16)18-8-10-6-13(17)15(7-10)12-5-3-2-4-11(12)14/h2-5,10H,6-8H2,1H3. The third-order valence-corrected chi connectivity index (χ3v) is 4.83. The normalized spacial score (nSPS) is 19.3. The lowest BCUT2D eigenvalue weighted by molar-refractivity contribution is -0.117. The van der Waals surface area contributed by atoms with E-state index in [1.54, 1.807) is 6.92 Å². The van der Waals surface area contributed by atoms with Crippen LogP contribution in [0.15, 0.2) is 24.3 Å². The van der Waals surface area contributed by atoms with E-state index in [-0.39, 0.29) is 16.9 Å². The fourth-order valence-corrected chi connectivity index (χ4v) is 3.40. The molecule has 0 aliphatic carbocycles. The van der Waals surface area contributed by atoms with Crippen molar-refractivity contribution in [1.82, 2.24) is 0 Å². The lowest BCUT2D eigenvalue weighted by Gasteiger charge is -2.18. The number of halogens is 1. The van der Waals surface area contributed by atoms with Crippen LogP contribution in [0, 0.1) is 9.49 Å². The molecule has 1 saturated heterocycles. The summed E-state index contributed by atoms with van der Waals surface area (Å²) in [6, 6.07) is 7.89. The molecular formula is C13H14INO2S. The van der Waals surface area contributed by atoms with Gasteiger partial charge in [-0.05, 0) is 40.6 Å². The summed E-state index contributed by atoms with van der Waals surface area (Å²) in [5.74, 6) is 1.18. The number of carbonyl (C=O) groups is 2. The molecular weight excluding hydrogens is 361 g/mol. The lowest BCUT2D eigenvalue weighted by Crippen LogP contribution is -2.25. The highest BCUT2D eigenvalue weighted by Gasteiger charge is 2.31. The van der Waals surface area contributed by atoms with Crippen LogP contribution >= 0.6 is 34.4 Å². The van der Waals surface area contributed by atoms with Crippen LogP contribution in [0.1, 0.15) is 13.3 Å². The van der Waals surface area contributed by atoms with Gasteiger partial charge in [-0.15, -0.1) is 0 Å². The Balaban J connectivity index is 2.06. The smallest absolute Gasteiger partial charge is 0.227 e. The van der Waals surface area contributed by atoms with Crippen molar-refractivity contribution >= 4 is 51.1 Å². The molecule has 1 fully saturated rings. The van der Waals surface area contributed by atoms with E-state index in [0.29, 0.717) is 6.42 Å². The summed E-state index contributed by atoms with van der Waals surface area (Å²) in [7, 11) is 0. The topological polar surface area (TPSA) is 37.4 Å². The van der Waals surface area contributed by atoms with Crippen molar-refractivity contribution < 1.29 is 9.59 Å². The Kier molecular flexibility index (Phi) is 4.66. The van der Waals surface area contributed by atoms with Crippen LogP contribution in [0.2, 0.25) is 0 Å². The van der Waals surface area contributed by atoms with E-state index in [2.05, 4.69) is 22.6 Å². The first-order chi connectivity index (χ1) is 8.58. The molecule has 0 bridgehead atoms. The number of anilines is 1. The molecule has 2 rings (SSSR count). The van der Waals surface area contributed by atoms with E-state index in [9.17, 15) is 9.59 Å². The van der Waals surface area contributed by atoms with Gasteiger partial charge in [-0.3, -0.25) is 9.59 Å². The number of thioether (sulfide) groups is 1. The van der Waals surface area contributed by atoms with E-state index in [4.69, 9.17) is 0 Å². The van der Waals surface area contributed by atoms with Crippen LogP contribution in [0.25, 0.3) is 0 Å². The van der Waals surface area contributed by atoms with Crippen molar-refractivity contribution in [3.8, 4) is 0 Å². The molecule has 0 saturated carbocycles. The summed E-state index contributed by atoms with van der Waals surface area (Å²) >= 11 is 3.56. The number of benzene rings is 1. The highest BCUT2D eigenvalue weighted by atomic mass is 127. The minimum atomic E-state index is 0.121. The highest BCUT2D eigenvalue weighted by Crippen LogP contribution is 2.30. The molecule has 1 amide bonds. The summed E-state index contributed by atoms with van der Waals surface area (Å²) < 4.78 is 1.09. The van der Waals surface area contributed by atoms with Crippen LogP contribution in [0.3, 0.4) is 0 Å². The molecule has 1 aliphatic heterocycles. The zero-order valence-corrected chi connectivity index (χ0v) is 13.0. The predicted molar refractivity (Wildman–Crippen MR) is 82.8 cm³/mol. The minimum Gasteiger partial charge on any atom is -0.311 e. The monoisotopic (exact) mass is 375 g/mol. The van der Waals surface area contributed by atoms with Crippen molar-refractivity contribution in [3.63, 3.8) is 0 Å². The van der Waals surface area contributed by atoms with Gasteiger partial charge in [0.1, 0.15) is 0 Å². The molecule has 1 aromatic rings. The maximum atomic E-state index is 12.0. The number of nitrogens with zero attached hydrogens (tertiary/aromatic N) is 1. The van der Waals surface area contributed by atoms with Crippen molar-refractivity contribution in [2.75, 3.05) is 17.2 Å². The highest BCUT2D eigenvalue weighted by molar-refractivity contribution is 14.1. The summed E-state index contributed by atoms with van der Waals surface area (Å²) in [5, 5.41) is 0.121.